The topological polar surface area (TPSA) is 70.4 Å². The summed E-state index contributed by atoms with van der Waals surface area (Å²) in [6.07, 6.45) is 3.50. The van der Waals surface area contributed by atoms with Gasteiger partial charge in [0.05, 0.1) is 5.34 Å². The monoisotopic (exact) mass is 244 g/mol. The molecule has 0 bridgehead atoms. The van der Waals surface area contributed by atoms with Crippen molar-refractivity contribution in [3.05, 3.63) is 30.6 Å². The summed E-state index contributed by atoms with van der Waals surface area (Å²) in [7, 11) is -2.87. The second-order valence-electron chi connectivity index (χ2n) is 1.38. The zero-order valence-electron chi connectivity index (χ0n) is 6.55. The summed E-state index contributed by atoms with van der Waals surface area (Å²) in [5, 5.41) is 0.194. The minimum Gasteiger partial charge on any atom is -0.265 e. The maximum absolute atomic E-state index is 8.70. The van der Waals surface area contributed by atoms with Gasteiger partial charge in [0.1, 0.15) is 0 Å². The van der Waals surface area contributed by atoms with Crippen molar-refractivity contribution in [2.24, 2.45) is 0 Å². The summed E-state index contributed by atoms with van der Waals surface area (Å²) in [6.45, 7) is 0. The molecule has 0 saturated carbocycles. The number of pyridine rings is 1. The van der Waals surface area contributed by atoms with Crippen LogP contribution in [0.4, 0.5) is 0 Å². The smallest absolute Gasteiger partial charge is 0.265 e. The Morgan fingerprint density at radius 2 is 1.46 bits per heavy atom. The molecule has 2 N–H and O–H groups in total. The van der Waals surface area contributed by atoms with E-state index in [9.17, 15) is 0 Å². The van der Waals surface area contributed by atoms with Gasteiger partial charge in [-0.1, -0.05) is 6.07 Å². The second-order valence-corrected chi connectivity index (χ2v) is 2.69. The molecule has 0 atom stereocenters. The average molecular weight is 245 g/mol. The number of hydrogen-bond donors (Lipinski definition) is 2. The lowest BCUT2D eigenvalue weighted by Crippen LogP contribution is -1.58. The summed E-state index contributed by atoms with van der Waals surface area (Å²) in [5.41, 5.74) is 0. The first-order valence-corrected chi connectivity index (χ1v) is 5.20. The molecule has 1 aromatic rings. The lowest BCUT2D eigenvalue weighted by Gasteiger charge is -1.70. The molecule has 0 aliphatic carbocycles. The summed E-state index contributed by atoms with van der Waals surface area (Å²) in [6, 6.07) is 5.72. The van der Waals surface area contributed by atoms with Crippen LogP contribution >= 0.6 is 31.5 Å². The minimum atomic E-state index is -2.87. The molecule has 1 rings (SSSR count). The first kappa shape index (κ1) is 15.2. The molecular weight excluding hydrogens is 236 g/mol. The molecule has 13 heavy (non-hydrogen) atoms. The van der Waals surface area contributed by atoms with E-state index in [0.717, 1.165) is 0 Å². The van der Waals surface area contributed by atoms with Crippen LogP contribution in [-0.2, 0) is 4.57 Å². The molecule has 0 aliphatic heterocycles. The molecule has 74 valence electrons. The van der Waals surface area contributed by atoms with Crippen LogP contribution in [0.2, 0.25) is 0 Å². The van der Waals surface area contributed by atoms with E-state index in [1.165, 1.54) is 0 Å². The van der Waals surface area contributed by atoms with E-state index in [-0.39, 0.29) is 5.34 Å². The number of rotatable bonds is 0. The summed E-state index contributed by atoms with van der Waals surface area (Å²) in [5.74, 6) is 0. The third-order valence-corrected chi connectivity index (χ3v) is 0.566. The number of halogens is 2. The fourth-order valence-corrected chi connectivity index (χ4v) is 0.313. The molecule has 0 spiro atoms. The highest BCUT2D eigenvalue weighted by molar-refractivity contribution is 7.30. The Hall–Kier alpha value is -0.250. The summed E-state index contributed by atoms with van der Waals surface area (Å²) >= 11 is 9.53. The number of nitrogens with zero attached hydrogens (tertiary/aromatic N) is 1. The van der Waals surface area contributed by atoms with Gasteiger partial charge in [-0.2, -0.15) is 0 Å². The number of alkyl halides is 2. The van der Waals surface area contributed by atoms with Gasteiger partial charge in [0.25, 0.3) is 0 Å². The molecule has 1 heterocycles. The van der Waals surface area contributed by atoms with E-state index in [1.807, 2.05) is 18.2 Å². The SMILES string of the molecule is ClCCl.O=[P+](O)O.c1ccncc1. The van der Waals surface area contributed by atoms with Crippen LogP contribution in [0.15, 0.2) is 30.6 Å². The molecule has 7 heteroatoms. The third kappa shape index (κ3) is 33.8. The van der Waals surface area contributed by atoms with Gasteiger partial charge < -0.3 is 0 Å². The Morgan fingerprint density at radius 3 is 1.54 bits per heavy atom. The van der Waals surface area contributed by atoms with Crippen molar-refractivity contribution >= 4 is 31.5 Å². The highest BCUT2D eigenvalue weighted by Gasteiger charge is 1.93. The van der Waals surface area contributed by atoms with E-state index in [4.69, 9.17) is 37.6 Å². The van der Waals surface area contributed by atoms with Crippen LogP contribution in [0.25, 0.3) is 0 Å². The van der Waals surface area contributed by atoms with Crippen molar-refractivity contribution in [3.8, 4) is 0 Å². The predicted molar refractivity (Wildman–Crippen MR) is 52.9 cm³/mol. The van der Waals surface area contributed by atoms with Crippen LogP contribution in [0.3, 0.4) is 0 Å². The first-order valence-electron chi connectivity index (χ1n) is 2.97. The Kier molecular flexibility index (Phi) is 16.7. The lowest BCUT2D eigenvalue weighted by molar-refractivity contribution is 0.405. The fourth-order valence-electron chi connectivity index (χ4n) is 0.313. The van der Waals surface area contributed by atoms with Crippen LogP contribution < -0.4 is 0 Å². The van der Waals surface area contributed by atoms with E-state index >= 15 is 0 Å². The van der Waals surface area contributed by atoms with Gasteiger partial charge in [-0.3, -0.25) is 4.98 Å². The zero-order valence-corrected chi connectivity index (χ0v) is 8.95. The maximum atomic E-state index is 8.70. The average Bonchev–Trinajstić information content (AvgIpc) is 2.08. The van der Waals surface area contributed by atoms with Crippen LogP contribution in [-0.4, -0.2) is 20.1 Å². The van der Waals surface area contributed by atoms with Crippen LogP contribution in [0.5, 0.6) is 0 Å². The van der Waals surface area contributed by atoms with Gasteiger partial charge in [-0.05, 0) is 12.1 Å². The van der Waals surface area contributed by atoms with Gasteiger partial charge >= 0.3 is 8.25 Å². The Morgan fingerprint density at radius 1 is 1.15 bits per heavy atom. The first-order chi connectivity index (χ1) is 6.15. The van der Waals surface area contributed by atoms with Gasteiger partial charge in [-0.25, -0.2) is 0 Å². The molecule has 0 amide bonds. The van der Waals surface area contributed by atoms with Crippen molar-refractivity contribution in [1.82, 2.24) is 4.98 Å². The van der Waals surface area contributed by atoms with Crippen LogP contribution in [0, 0.1) is 0 Å². The molecule has 0 aromatic carbocycles. The second kappa shape index (κ2) is 14.3. The Balaban J connectivity index is 0. The van der Waals surface area contributed by atoms with Gasteiger partial charge in [-0.15, -0.1) is 33.0 Å². The van der Waals surface area contributed by atoms with E-state index in [0.29, 0.717) is 0 Å². The summed E-state index contributed by atoms with van der Waals surface area (Å²) < 4.78 is 8.70. The maximum Gasteiger partial charge on any atom is 0.692 e. The molecule has 1 aromatic heterocycles. The molecular formula is C6H9Cl2NO3P+. The molecule has 0 saturated heterocycles. The highest BCUT2D eigenvalue weighted by atomic mass is 35.5. The zero-order chi connectivity index (χ0) is 10.5. The third-order valence-electron chi connectivity index (χ3n) is 0.566. The van der Waals surface area contributed by atoms with E-state index in [2.05, 4.69) is 4.98 Å². The standard InChI is InChI=1S/C5H5N.CH2Cl2.HO3P/c1-2-4-6-5-3-1;2-1-3;1-4(2)3/h1-5H;1H2;(H-,1,2,3)/p+1. The number of hydrogen-bond acceptors (Lipinski definition) is 2. The van der Waals surface area contributed by atoms with E-state index in [1.54, 1.807) is 12.4 Å². The molecule has 0 unspecified atom stereocenters. The fraction of sp³-hybridized carbons (Fsp3) is 0.167. The van der Waals surface area contributed by atoms with Crippen LogP contribution in [0.1, 0.15) is 0 Å². The van der Waals surface area contributed by atoms with Gasteiger partial charge in [0, 0.05) is 17.0 Å². The van der Waals surface area contributed by atoms with Crippen molar-refractivity contribution in [1.29, 1.82) is 0 Å². The number of aromatic nitrogens is 1. The minimum absolute atomic E-state index is 0.194. The van der Waals surface area contributed by atoms with Crippen molar-refractivity contribution < 1.29 is 14.4 Å². The normalized spacial score (nSPS) is 7.08. The van der Waals surface area contributed by atoms with E-state index < -0.39 is 8.25 Å². The lowest BCUT2D eigenvalue weighted by atomic mass is 10.5. The molecule has 0 fully saturated rings. The molecule has 0 aliphatic rings. The van der Waals surface area contributed by atoms with Gasteiger partial charge in [0.2, 0.25) is 0 Å². The Labute approximate surface area is 87.1 Å². The van der Waals surface area contributed by atoms with Gasteiger partial charge in [0.15, 0.2) is 0 Å². The Bertz CT molecular complexity index is 170. The highest BCUT2D eigenvalue weighted by Crippen LogP contribution is 1.98. The largest absolute Gasteiger partial charge is 0.692 e. The van der Waals surface area contributed by atoms with Crippen molar-refractivity contribution in [3.63, 3.8) is 0 Å². The summed E-state index contributed by atoms with van der Waals surface area (Å²) in [4.78, 5) is 18.0. The molecule has 0 radical (unpaired) electrons. The van der Waals surface area contributed by atoms with Crippen molar-refractivity contribution in [2.75, 3.05) is 5.34 Å². The molecule has 4 nitrogen and oxygen atoms in total. The predicted octanol–water partition coefficient (Wildman–Crippen LogP) is 2.13. The quantitative estimate of drug-likeness (QED) is 0.542. The van der Waals surface area contributed by atoms with Crippen molar-refractivity contribution in [2.45, 2.75) is 0 Å².